The number of benzene rings is 1. The van der Waals surface area contributed by atoms with Crippen LogP contribution in [-0.4, -0.2) is 46.8 Å². The van der Waals surface area contributed by atoms with Crippen LogP contribution in [0.3, 0.4) is 0 Å². The van der Waals surface area contributed by atoms with E-state index in [0.29, 0.717) is 13.0 Å². The van der Waals surface area contributed by atoms with Gasteiger partial charge >= 0.3 is 0 Å². The maximum atomic E-state index is 12.3. The first-order chi connectivity index (χ1) is 9.60. The predicted octanol–water partition coefficient (Wildman–Crippen LogP) is 0.493. The highest BCUT2D eigenvalue weighted by molar-refractivity contribution is 5.82. The molecule has 2 atom stereocenters. The number of aromatic hydroxyl groups is 1. The normalized spacial score (nSPS) is 20.7. The third-order valence-electron chi connectivity index (χ3n) is 3.80. The summed E-state index contributed by atoms with van der Waals surface area (Å²) in [5.74, 6) is 0.320. The molecule has 1 aromatic rings. The molecule has 1 fully saturated rings. The molecule has 1 heterocycles. The molecule has 1 unspecified atom stereocenters. The molecule has 1 aliphatic heterocycles. The minimum Gasteiger partial charge on any atom is -0.508 e. The number of phenolic OH excluding ortho intramolecular Hbond substituents is 1. The highest BCUT2D eigenvalue weighted by Crippen LogP contribution is 2.17. The molecule has 0 aliphatic carbocycles. The third kappa shape index (κ3) is 3.71. The molecule has 1 saturated heterocycles. The first-order valence-electron chi connectivity index (χ1n) is 7.03. The van der Waals surface area contributed by atoms with Gasteiger partial charge in [-0.15, -0.1) is 0 Å². The average molecular weight is 278 g/mol. The number of aliphatic hydroxyl groups is 1. The lowest BCUT2D eigenvalue weighted by Crippen LogP contribution is -2.49. The molecule has 4 N–H and O–H groups in total. The summed E-state index contributed by atoms with van der Waals surface area (Å²) < 4.78 is 0. The Morgan fingerprint density at radius 1 is 1.40 bits per heavy atom. The quantitative estimate of drug-likeness (QED) is 0.748. The van der Waals surface area contributed by atoms with Crippen molar-refractivity contribution in [2.24, 2.45) is 11.7 Å². The van der Waals surface area contributed by atoms with Crippen LogP contribution in [0.4, 0.5) is 0 Å². The number of rotatable bonds is 4. The number of aliphatic hydroxyl groups excluding tert-OH is 1. The Balaban J connectivity index is 1.92. The number of carbonyl (C=O) groups excluding carboxylic acids is 1. The monoisotopic (exact) mass is 278 g/mol. The van der Waals surface area contributed by atoms with Crippen LogP contribution in [0.2, 0.25) is 0 Å². The van der Waals surface area contributed by atoms with Crippen molar-refractivity contribution in [3.8, 4) is 5.75 Å². The Morgan fingerprint density at radius 2 is 2.10 bits per heavy atom. The van der Waals surface area contributed by atoms with Crippen LogP contribution in [0.25, 0.3) is 0 Å². The lowest BCUT2D eigenvalue weighted by atomic mass is 9.97. The van der Waals surface area contributed by atoms with E-state index in [-0.39, 0.29) is 24.2 Å². The lowest BCUT2D eigenvalue weighted by Gasteiger charge is -2.33. The number of piperidine rings is 1. The van der Waals surface area contributed by atoms with Crippen LogP contribution in [-0.2, 0) is 11.2 Å². The zero-order valence-corrected chi connectivity index (χ0v) is 11.5. The van der Waals surface area contributed by atoms with Gasteiger partial charge in [0.05, 0.1) is 6.04 Å². The SMILES string of the molecule is N[C@H](Cc1ccc(O)cc1)C(=O)N1CCCC(CO)C1. The average Bonchev–Trinajstić information content (AvgIpc) is 2.48. The Morgan fingerprint density at radius 3 is 2.75 bits per heavy atom. The molecule has 0 aromatic heterocycles. The van der Waals surface area contributed by atoms with Crippen molar-refractivity contribution in [3.05, 3.63) is 29.8 Å². The standard InChI is InChI=1S/C15H22N2O3/c16-14(8-11-3-5-13(19)6-4-11)15(20)17-7-1-2-12(9-17)10-18/h3-6,12,14,18-19H,1-2,7-10,16H2/t12?,14-/m1/s1. The van der Waals surface area contributed by atoms with Gasteiger partial charge in [-0.2, -0.15) is 0 Å². The molecule has 0 radical (unpaired) electrons. The van der Waals surface area contributed by atoms with Crippen molar-refractivity contribution in [3.63, 3.8) is 0 Å². The minimum absolute atomic E-state index is 0.0591. The van der Waals surface area contributed by atoms with Gasteiger partial charge < -0.3 is 20.8 Å². The molecule has 0 spiro atoms. The summed E-state index contributed by atoms with van der Waals surface area (Å²) in [5.41, 5.74) is 6.92. The van der Waals surface area contributed by atoms with Gasteiger partial charge in [0.25, 0.3) is 0 Å². The van der Waals surface area contributed by atoms with Crippen molar-refractivity contribution in [2.75, 3.05) is 19.7 Å². The number of hydrogen-bond donors (Lipinski definition) is 3. The summed E-state index contributed by atoms with van der Waals surface area (Å²) >= 11 is 0. The Kier molecular flexibility index (Phi) is 4.98. The minimum atomic E-state index is -0.572. The van der Waals surface area contributed by atoms with E-state index in [1.54, 1.807) is 29.2 Å². The highest BCUT2D eigenvalue weighted by Gasteiger charge is 2.26. The summed E-state index contributed by atoms with van der Waals surface area (Å²) in [6.45, 7) is 1.44. The van der Waals surface area contributed by atoms with E-state index in [9.17, 15) is 15.0 Å². The van der Waals surface area contributed by atoms with Crippen molar-refractivity contribution in [2.45, 2.75) is 25.3 Å². The van der Waals surface area contributed by atoms with Gasteiger partial charge in [-0.25, -0.2) is 0 Å². The lowest BCUT2D eigenvalue weighted by molar-refractivity contribution is -0.134. The van der Waals surface area contributed by atoms with Gasteiger partial charge in [-0.1, -0.05) is 12.1 Å². The molecule has 0 bridgehead atoms. The number of nitrogens with two attached hydrogens (primary N) is 1. The molecule has 5 nitrogen and oxygen atoms in total. The van der Waals surface area contributed by atoms with Crippen molar-refractivity contribution >= 4 is 5.91 Å². The molecule has 110 valence electrons. The number of likely N-dealkylation sites (tertiary alicyclic amines) is 1. The van der Waals surface area contributed by atoms with Crippen molar-refractivity contribution in [1.82, 2.24) is 4.90 Å². The van der Waals surface area contributed by atoms with E-state index in [1.165, 1.54) is 0 Å². The van der Waals surface area contributed by atoms with E-state index in [0.717, 1.165) is 24.9 Å². The topological polar surface area (TPSA) is 86.8 Å². The number of carbonyl (C=O) groups is 1. The first kappa shape index (κ1) is 14.8. The van der Waals surface area contributed by atoms with Gasteiger partial charge in [0.2, 0.25) is 5.91 Å². The molecular formula is C15H22N2O3. The van der Waals surface area contributed by atoms with E-state index in [1.807, 2.05) is 0 Å². The molecule has 1 amide bonds. The predicted molar refractivity (Wildman–Crippen MR) is 76.2 cm³/mol. The van der Waals surface area contributed by atoms with E-state index >= 15 is 0 Å². The molecular weight excluding hydrogens is 256 g/mol. The van der Waals surface area contributed by atoms with E-state index in [4.69, 9.17) is 5.73 Å². The largest absolute Gasteiger partial charge is 0.508 e. The zero-order valence-electron chi connectivity index (χ0n) is 11.5. The number of amides is 1. The van der Waals surface area contributed by atoms with Crippen LogP contribution in [0.15, 0.2) is 24.3 Å². The van der Waals surface area contributed by atoms with Crippen molar-refractivity contribution in [1.29, 1.82) is 0 Å². The zero-order chi connectivity index (χ0) is 14.5. The van der Waals surface area contributed by atoms with Gasteiger partial charge in [0.1, 0.15) is 5.75 Å². The fourth-order valence-corrected chi connectivity index (χ4v) is 2.62. The second-order valence-electron chi connectivity index (χ2n) is 5.45. The van der Waals surface area contributed by atoms with E-state index in [2.05, 4.69) is 0 Å². The molecule has 1 aliphatic rings. The van der Waals surface area contributed by atoms with Gasteiger partial charge in [-0.05, 0) is 42.9 Å². The van der Waals surface area contributed by atoms with Crippen LogP contribution < -0.4 is 5.73 Å². The van der Waals surface area contributed by atoms with Crippen molar-refractivity contribution < 1.29 is 15.0 Å². The second-order valence-corrected chi connectivity index (χ2v) is 5.45. The summed E-state index contributed by atoms with van der Waals surface area (Å²) in [7, 11) is 0. The fraction of sp³-hybridized carbons (Fsp3) is 0.533. The first-order valence-corrected chi connectivity index (χ1v) is 7.03. The van der Waals surface area contributed by atoms with Crippen LogP contribution in [0, 0.1) is 5.92 Å². The molecule has 20 heavy (non-hydrogen) atoms. The number of phenols is 1. The smallest absolute Gasteiger partial charge is 0.239 e. The summed E-state index contributed by atoms with van der Waals surface area (Å²) in [6.07, 6.45) is 2.34. The summed E-state index contributed by atoms with van der Waals surface area (Å²) in [5, 5.41) is 18.4. The highest BCUT2D eigenvalue weighted by atomic mass is 16.3. The fourth-order valence-electron chi connectivity index (χ4n) is 2.62. The molecule has 0 saturated carbocycles. The van der Waals surface area contributed by atoms with Gasteiger partial charge in [-0.3, -0.25) is 4.79 Å². The van der Waals surface area contributed by atoms with Crippen LogP contribution in [0.1, 0.15) is 18.4 Å². The third-order valence-corrected chi connectivity index (χ3v) is 3.80. The molecule has 2 rings (SSSR count). The Bertz CT molecular complexity index is 447. The molecule has 1 aromatic carbocycles. The maximum Gasteiger partial charge on any atom is 0.239 e. The van der Waals surface area contributed by atoms with E-state index < -0.39 is 6.04 Å². The Hall–Kier alpha value is -1.59. The Labute approximate surface area is 119 Å². The maximum absolute atomic E-state index is 12.3. The van der Waals surface area contributed by atoms with Crippen LogP contribution >= 0.6 is 0 Å². The molecule has 5 heteroatoms. The van der Waals surface area contributed by atoms with Gasteiger partial charge in [0, 0.05) is 19.7 Å². The second kappa shape index (κ2) is 6.72. The number of nitrogens with zero attached hydrogens (tertiary/aromatic N) is 1. The summed E-state index contributed by atoms with van der Waals surface area (Å²) in [6, 6.07) is 6.16. The number of hydrogen-bond acceptors (Lipinski definition) is 4. The summed E-state index contributed by atoms with van der Waals surface area (Å²) in [4.78, 5) is 14.1. The van der Waals surface area contributed by atoms with Gasteiger partial charge in [0.15, 0.2) is 0 Å². The van der Waals surface area contributed by atoms with Crippen LogP contribution in [0.5, 0.6) is 5.75 Å².